The van der Waals surface area contributed by atoms with Crippen LogP contribution in [-0.2, 0) is 0 Å². The lowest BCUT2D eigenvalue weighted by atomic mass is 10.0. The Labute approximate surface area is 91.1 Å². The van der Waals surface area contributed by atoms with Crippen molar-refractivity contribution in [1.82, 2.24) is 5.32 Å². The number of carbonyl (C=O) groups excluding carboxylic acids is 1. The van der Waals surface area contributed by atoms with Gasteiger partial charge in [0.05, 0.1) is 6.04 Å². The first-order chi connectivity index (χ1) is 6.29. The minimum absolute atomic E-state index is 0. The minimum atomic E-state index is -0.0533. The maximum Gasteiger partial charge on any atom is 0.179 e. The number of ketones is 1. The van der Waals surface area contributed by atoms with E-state index in [0.717, 1.165) is 12.0 Å². The van der Waals surface area contributed by atoms with Crippen molar-refractivity contribution < 1.29 is 4.79 Å². The van der Waals surface area contributed by atoms with Crippen LogP contribution in [0.1, 0.15) is 23.7 Å². The van der Waals surface area contributed by atoms with Crippen molar-refractivity contribution in [2.45, 2.75) is 19.4 Å². The number of halogens is 1. The van der Waals surface area contributed by atoms with E-state index in [1.807, 2.05) is 44.3 Å². The standard InChI is InChI=1S/C11H15NO.ClH/c1-3-10(12-2)11(13)9-7-5-4-6-8-9;/h4-8,10,12H,3H2,1-2H3;1H. The first-order valence-electron chi connectivity index (χ1n) is 4.56. The van der Waals surface area contributed by atoms with Crippen LogP contribution < -0.4 is 5.32 Å². The first-order valence-corrected chi connectivity index (χ1v) is 4.56. The van der Waals surface area contributed by atoms with Crippen LogP contribution in [0.4, 0.5) is 0 Å². The zero-order chi connectivity index (χ0) is 9.68. The molecule has 1 aromatic rings. The fourth-order valence-electron chi connectivity index (χ4n) is 1.32. The quantitative estimate of drug-likeness (QED) is 0.778. The van der Waals surface area contributed by atoms with Gasteiger partial charge in [0.25, 0.3) is 0 Å². The van der Waals surface area contributed by atoms with Gasteiger partial charge in [0.2, 0.25) is 0 Å². The summed E-state index contributed by atoms with van der Waals surface area (Å²) in [7, 11) is 1.81. The van der Waals surface area contributed by atoms with E-state index in [0.29, 0.717) is 0 Å². The van der Waals surface area contributed by atoms with Gasteiger partial charge in [-0.15, -0.1) is 12.4 Å². The Morgan fingerprint density at radius 3 is 2.36 bits per heavy atom. The second kappa shape index (κ2) is 6.57. The molecule has 1 N–H and O–H groups in total. The van der Waals surface area contributed by atoms with Crippen molar-refractivity contribution in [3.8, 4) is 0 Å². The van der Waals surface area contributed by atoms with Gasteiger partial charge in [-0.3, -0.25) is 4.79 Å². The summed E-state index contributed by atoms with van der Waals surface area (Å²) < 4.78 is 0. The van der Waals surface area contributed by atoms with Crippen LogP contribution in [0.15, 0.2) is 30.3 Å². The molecule has 0 bridgehead atoms. The number of benzene rings is 1. The van der Waals surface area contributed by atoms with Crippen LogP contribution in [0, 0.1) is 0 Å². The van der Waals surface area contributed by atoms with Gasteiger partial charge < -0.3 is 5.32 Å². The summed E-state index contributed by atoms with van der Waals surface area (Å²) in [5.74, 6) is 0.172. The van der Waals surface area contributed by atoms with Crippen LogP contribution in [0.3, 0.4) is 0 Å². The number of Topliss-reactive ketones (excluding diaryl/α,β-unsaturated/α-hetero) is 1. The lowest BCUT2D eigenvalue weighted by Gasteiger charge is -2.11. The van der Waals surface area contributed by atoms with Gasteiger partial charge in [0.1, 0.15) is 0 Å². The van der Waals surface area contributed by atoms with Crippen LogP contribution in [0.5, 0.6) is 0 Å². The van der Waals surface area contributed by atoms with Crippen molar-refractivity contribution in [2.24, 2.45) is 0 Å². The minimum Gasteiger partial charge on any atom is -0.310 e. The Kier molecular flexibility index (Phi) is 6.17. The van der Waals surface area contributed by atoms with Crippen molar-refractivity contribution in [1.29, 1.82) is 0 Å². The molecule has 1 rings (SSSR count). The third-order valence-corrected chi connectivity index (χ3v) is 2.13. The van der Waals surface area contributed by atoms with E-state index in [1.165, 1.54) is 0 Å². The summed E-state index contributed by atoms with van der Waals surface area (Å²) in [6.07, 6.45) is 0.824. The highest BCUT2D eigenvalue weighted by atomic mass is 35.5. The number of nitrogens with one attached hydrogen (secondary N) is 1. The van der Waals surface area contributed by atoms with Gasteiger partial charge in [-0.05, 0) is 13.5 Å². The predicted molar refractivity (Wildman–Crippen MR) is 61.2 cm³/mol. The normalized spacial score (nSPS) is 11.6. The molecule has 78 valence electrons. The average molecular weight is 214 g/mol. The summed E-state index contributed by atoms with van der Waals surface area (Å²) in [5, 5.41) is 3.00. The predicted octanol–water partition coefficient (Wildman–Crippen LogP) is 2.29. The number of hydrogen-bond donors (Lipinski definition) is 1. The van der Waals surface area contributed by atoms with Gasteiger partial charge in [0, 0.05) is 5.56 Å². The SMILES string of the molecule is CCC(NC)C(=O)c1ccccc1.Cl. The molecule has 1 aromatic carbocycles. The Bertz CT molecular complexity index is 270. The third-order valence-electron chi connectivity index (χ3n) is 2.13. The molecule has 0 aliphatic heterocycles. The molecule has 1 unspecified atom stereocenters. The highest BCUT2D eigenvalue weighted by Crippen LogP contribution is 2.05. The van der Waals surface area contributed by atoms with Crippen LogP contribution in [0.25, 0.3) is 0 Å². The molecular weight excluding hydrogens is 198 g/mol. The molecule has 0 fully saturated rings. The van der Waals surface area contributed by atoms with E-state index < -0.39 is 0 Å². The zero-order valence-corrected chi connectivity index (χ0v) is 9.30. The van der Waals surface area contributed by atoms with Crippen molar-refractivity contribution >= 4 is 18.2 Å². The molecule has 0 spiro atoms. The summed E-state index contributed by atoms with van der Waals surface area (Å²) in [6, 6.07) is 9.33. The smallest absolute Gasteiger partial charge is 0.179 e. The van der Waals surface area contributed by atoms with E-state index in [-0.39, 0.29) is 24.2 Å². The highest BCUT2D eigenvalue weighted by Gasteiger charge is 2.14. The Morgan fingerprint density at radius 1 is 1.36 bits per heavy atom. The molecule has 0 saturated carbocycles. The second-order valence-corrected chi connectivity index (χ2v) is 2.98. The summed E-state index contributed by atoms with van der Waals surface area (Å²) in [6.45, 7) is 2.00. The molecule has 2 nitrogen and oxygen atoms in total. The first kappa shape index (κ1) is 13.1. The fraction of sp³-hybridized carbons (Fsp3) is 0.364. The van der Waals surface area contributed by atoms with Crippen molar-refractivity contribution in [3.63, 3.8) is 0 Å². The Hall–Kier alpha value is -0.860. The largest absolute Gasteiger partial charge is 0.310 e. The van der Waals surface area contributed by atoms with E-state index in [9.17, 15) is 4.79 Å². The third kappa shape index (κ3) is 3.13. The molecule has 0 aliphatic rings. The zero-order valence-electron chi connectivity index (χ0n) is 8.49. The molecule has 14 heavy (non-hydrogen) atoms. The molecule has 0 amide bonds. The number of carbonyl (C=O) groups is 1. The van der Waals surface area contributed by atoms with Crippen LogP contribution in [-0.4, -0.2) is 18.9 Å². The van der Waals surface area contributed by atoms with E-state index in [2.05, 4.69) is 5.32 Å². The van der Waals surface area contributed by atoms with Gasteiger partial charge >= 0.3 is 0 Å². The lowest BCUT2D eigenvalue weighted by Crippen LogP contribution is -2.33. The number of hydrogen-bond acceptors (Lipinski definition) is 2. The van der Waals surface area contributed by atoms with E-state index in [4.69, 9.17) is 0 Å². The van der Waals surface area contributed by atoms with Gasteiger partial charge in [-0.1, -0.05) is 37.3 Å². The van der Waals surface area contributed by atoms with Gasteiger partial charge in [0.15, 0.2) is 5.78 Å². The molecule has 0 radical (unpaired) electrons. The van der Waals surface area contributed by atoms with Crippen molar-refractivity contribution in [2.75, 3.05) is 7.05 Å². The molecule has 0 saturated heterocycles. The van der Waals surface area contributed by atoms with Crippen molar-refractivity contribution in [3.05, 3.63) is 35.9 Å². The molecule has 0 aromatic heterocycles. The maximum atomic E-state index is 11.7. The summed E-state index contributed by atoms with van der Waals surface area (Å²) in [4.78, 5) is 11.7. The second-order valence-electron chi connectivity index (χ2n) is 2.98. The average Bonchev–Trinajstić information content (AvgIpc) is 2.21. The van der Waals surface area contributed by atoms with E-state index in [1.54, 1.807) is 0 Å². The Morgan fingerprint density at radius 2 is 1.93 bits per heavy atom. The number of likely N-dealkylation sites (N-methyl/N-ethyl adjacent to an activating group) is 1. The molecule has 1 atom stereocenters. The summed E-state index contributed by atoms with van der Waals surface area (Å²) >= 11 is 0. The van der Waals surface area contributed by atoms with Crippen LogP contribution in [0.2, 0.25) is 0 Å². The molecule has 3 heteroatoms. The molecule has 0 heterocycles. The summed E-state index contributed by atoms with van der Waals surface area (Å²) in [5.41, 5.74) is 0.781. The molecular formula is C11H16ClNO. The highest BCUT2D eigenvalue weighted by molar-refractivity contribution is 5.99. The van der Waals surface area contributed by atoms with Crippen LogP contribution >= 0.6 is 12.4 Å². The van der Waals surface area contributed by atoms with E-state index >= 15 is 0 Å². The fourth-order valence-corrected chi connectivity index (χ4v) is 1.32. The maximum absolute atomic E-state index is 11.7. The topological polar surface area (TPSA) is 29.1 Å². The lowest BCUT2D eigenvalue weighted by molar-refractivity contribution is 0.0945. The van der Waals surface area contributed by atoms with Gasteiger partial charge in [-0.25, -0.2) is 0 Å². The molecule has 0 aliphatic carbocycles. The van der Waals surface area contributed by atoms with Gasteiger partial charge in [-0.2, -0.15) is 0 Å². The Balaban J connectivity index is 0.00000169. The number of rotatable bonds is 4. The monoisotopic (exact) mass is 213 g/mol.